The number of rotatable bonds is 3. The molecule has 4 nitrogen and oxygen atoms in total. The van der Waals surface area contributed by atoms with Gasteiger partial charge in [-0.25, -0.2) is 9.97 Å². The molecule has 0 saturated heterocycles. The van der Waals surface area contributed by atoms with Crippen LogP contribution in [0.2, 0.25) is 0 Å². The number of nitrogens with zero attached hydrogens (tertiary/aromatic N) is 2. The largest absolute Gasteiger partial charge is 0.395 e. The first-order chi connectivity index (χ1) is 5.33. The third-order valence-corrected chi connectivity index (χ3v) is 1.35. The predicted octanol–water partition coefficient (Wildman–Crippen LogP) is -0.661. The van der Waals surface area contributed by atoms with E-state index in [1.165, 1.54) is 6.33 Å². The maximum atomic E-state index is 8.63. The van der Waals surface area contributed by atoms with Gasteiger partial charge in [-0.2, -0.15) is 0 Å². The summed E-state index contributed by atoms with van der Waals surface area (Å²) in [7, 11) is 0. The van der Waals surface area contributed by atoms with Crippen LogP contribution in [-0.2, 0) is 6.42 Å². The van der Waals surface area contributed by atoms with Crippen LogP contribution in [0.3, 0.4) is 0 Å². The fourth-order valence-electron chi connectivity index (χ4n) is 0.772. The third kappa shape index (κ3) is 2.61. The fourth-order valence-corrected chi connectivity index (χ4v) is 0.772. The molecule has 0 fully saturated rings. The fraction of sp³-hybridized carbons (Fsp3) is 0.429. The van der Waals surface area contributed by atoms with Crippen molar-refractivity contribution < 1.29 is 5.11 Å². The molecule has 0 aliphatic heterocycles. The maximum Gasteiger partial charge on any atom is 0.115 e. The van der Waals surface area contributed by atoms with Crippen molar-refractivity contribution in [3.8, 4) is 0 Å². The van der Waals surface area contributed by atoms with Gasteiger partial charge in [-0.15, -0.1) is 0 Å². The Morgan fingerprint density at radius 2 is 2.45 bits per heavy atom. The van der Waals surface area contributed by atoms with E-state index in [9.17, 15) is 0 Å². The van der Waals surface area contributed by atoms with Crippen LogP contribution in [0.1, 0.15) is 5.69 Å². The number of nitrogens with two attached hydrogens (primary N) is 1. The van der Waals surface area contributed by atoms with Crippen LogP contribution in [0.5, 0.6) is 0 Å². The molecule has 1 heterocycles. The molecule has 1 aromatic heterocycles. The lowest BCUT2D eigenvalue weighted by Crippen LogP contribution is -2.27. The maximum absolute atomic E-state index is 8.63. The number of aliphatic hydroxyl groups excluding tert-OH is 1. The van der Waals surface area contributed by atoms with Gasteiger partial charge in [0.1, 0.15) is 6.33 Å². The van der Waals surface area contributed by atoms with Crippen molar-refractivity contribution in [1.29, 1.82) is 0 Å². The van der Waals surface area contributed by atoms with Crippen LogP contribution >= 0.6 is 0 Å². The Bertz CT molecular complexity index is 202. The SMILES string of the molecule is NC(CO)Cc1ccncn1. The molecule has 1 unspecified atom stereocenters. The molecule has 0 radical (unpaired) electrons. The normalized spacial score (nSPS) is 12.9. The lowest BCUT2D eigenvalue weighted by molar-refractivity contribution is 0.264. The number of hydrogen-bond donors (Lipinski definition) is 2. The molecule has 60 valence electrons. The van der Waals surface area contributed by atoms with Crippen molar-refractivity contribution in [2.24, 2.45) is 5.73 Å². The van der Waals surface area contributed by atoms with E-state index in [1.807, 2.05) is 0 Å². The second-order valence-electron chi connectivity index (χ2n) is 2.35. The minimum absolute atomic E-state index is 0.00992. The van der Waals surface area contributed by atoms with E-state index in [1.54, 1.807) is 12.3 Å². The van der Waals surface area contributed by atoms with Crippen molar-refractivity contribution in [3.05, 3.63) is 24.3 Å². The Kier molecular flexibility index (Phi) is 2.95. The van der Waals surface area contributed by atoms with Gasteiger partial charge in [0.25, 0.3) is 0 Å². The second-order valence-corrected chi connectivity index (χ2v) is 2.35. The number of aliphatic hydroxyl groups is 1. The Labute approximate surface area is 65.1 Å². The first-order valence-corrected chi connectivity index (χ1v) is 3.44. The molecule has 0 aromatic carbocycles. The third-order valence-electron chi connectivity index (χ3n) is 1.35. The molecule has 3 N–H and O–H groups in total. The van der Waals surface area contributed by atoms with E-state index < -0.39 is 0 Å². The molecule has 0 amide bonds. The van der Waals surface area contributed by atoms with E-state index in [0.717, 1.165) is 5.69 Å². The van der Waals surface area contributed by atoms with Gasteiger partial charge in [0.2, 0.25) is 0 Å². The smallest absolute Gasteiger partial charge is 0.115 e. The van der Waals surface area contributed by atoms with Crippen molar-refractivity contribution >= 4 is 0 Å². The number of hydrogen-bond acceptors (Lipinski definition) is 4. The molecule has 0 aliphatic carbocycles. The Hall–Kier alpha value is -1.00. The summed E-state index contributed by atoms with van der Waals surface area (Å²) in [5.41, 5.74) is 6.36. The van der Waals surface area contributed by atoms with Crippen LogP contribution in [0.4, 0.5) is 0 Å². The lowest BCUT2D eigenvalue weighted by Gasteiger charge is -2.05. The topological polar surface area (TPSA) is 72.0 Å². The standard InChI is InChI=1S/C7H11N3O/c8-6(4-11)3-7-1-2-9-5-10-7/h1-2,5-6,11H,3-4,8H2. The van der Waals surface area contributed by atoms with Gasteiger partial charge in [-0.1, -0.05) is 0 Å². The molecule has 0 saturated carbocycles. The number of aromatic nitrogens is 2. The van der Waals surface area contributed by atoms with Crippen molar-refractivity contribution in [2.45, 2.75) is 12.5 Å². The lowest BCUT2D eigenvalue weighted by atomic mass is 10.2. The molecule has 0 bridgehead atoms. The van der Waals surface area contributed by atoms with E-state index in [-0.39, 0.29) is 12.6 Å². The average Bonchev–Trinajstić information content (AvgIpc) is 2.06. The molecule has 1 atom stereocenters. The molecular weight excluding hydrogens is 142 g/mol. The van der Waals surface area contributed by atoms with Gasteiger partial charge in [-0.3, -0.25) is 0 Å². The first-order valence-electron chi connectivity index (χ1n) is 3.44. The highest BCUT2D eigenvalue weighted by atomic mass is 16.3. The summed E-state index contributed by atoms with van der Waals surface area (Å²) >= 11 is 0. The van der Waals surface area contributed by atoms with Crippen LogP contribution in [0, 0.1) is 0 Å². The van der Waals surface area contributed by atoms with E-state index >= 15 is 0 Å². The van der Waals surface area contributed by atoms with Crippen LogP contribution in [0.25, 0.3) is 0 Å². The van der Waals surface area contributed by atoms with E-state index in [4.69, 9.17) is 10.8 Å². The van der Waals surface area contributed by atoms with Gasteiger partial charge in [0.15, 0.2) is 0 Å². The van der Waals surface area contributed by atoms with Crippen molar-refractivity contribution in [2.75, 3.05) is 6.61 Å². The Morgan fingerprint density at radius 3 is 3.00 bits per heavy atom. The minimum atomic E-state index is -0.218. The summed E-state index contributed by atoms with van der Waals surface area (Å²) in [6.07, 6.45) is 3.73. The molecule has 1 aromatic rings. The molecular formula is C7H11N3O. The second kappa shape index (κ2) is 4.00. The summed E-state index contributed by atoms with van der Waals surface area (Å²) in [5.74, 6) is 0. The molecule has 1 rings (SSSR count). The van der Waals surface area contributed by atoms with Gasteiger partial charge >= 0.3 is 0 Å². The first kappa shape index (κ1) is 8.10. The van der Waals surface area contributed by atoms with Gasteiger partial charge in [-0.05, 0) is 6.07 Å². The quantitative estimate of drug-likeness (QED) is 0.604. The Morgan fingerprint density at radius 1 is 1.64 bits per heavy atom. The molecule has 0 spiro atoms. The highest BCUT2D eigenvalue weighted by molar-refractivity contribution is 4.99. The van der Waals surface area contributed by atoms with Crippen molar-refractivity contribution in [1.82, 2.24) is 9.97 Å². The molecule has 11 heavy (non-hydrogen) atoms. The monoisotopic (exact) mass is 153 g/mol. The zero-order valence-corrected chi connectivity index (χ0v) is 6.14. The minimum Gasteiger partial charge on any atom is -0.395 e. The van der Waals surface area contributed by atoms with E-state index in [2.05, 4.69) is 9.97 Å². The molecule has 0 aliphatic rings. The summed E-state index contributed by atoms with van der Waals surface area (Å²) in [5, 5.41) is 8.63. The van der Waals surface area contributed by atoms with Crippen LogP contribution < -0.4 is 5.73 Å². The summed E-state index contributed by atoms with van der Waals surface area (Å²) in [4.78, 5) is 7.73. The highest BCUT2D eigenvalue weighted by Crippen LogP contribution is 1.94. The summed E-state index contributed by atoms with van der Waals surface area (Å²) in [6, 6.07) is 1.57. The van der Waals surface area contributed by atoms with Gasteiger partial charge in [0, 0.05) is 24.4 Å². The van der Waals surface area contributed by atoms with Crippen molar-refractivity contribution in [3.63, 3.8) is 0 Å². The zero-order chi connectivity index (χ0) is 8.10. The van der Waals surface area contributed by atoms with Gasteiger partial charge < -0.3 is 10.8 Å². The molecule has 4 heteroatoms. The van der Waals surface area contributed by atoms with Gasteiger partial charge in [0.05, 0.1) is 6.61 Å². The average molecular weight is 153 g/mol. The zero-order valence-electron chi connectivity index (χ0n) is 6.14. The van der Waals surface area contributed by atoms with E-state index in [0.29, 0.717) is 6.42 Å². The Balaban J connectivity index is 2.51. The summed E-state index contributed by atoms with van der Waals surface area (Å²) < 4.78 is 0. The predicted molar refractivity (Wildman–Crippen MR) is 40.8 cm³/mol. The highest BCUT2D eigenvalue weighted by Gasteiger charge is 2.01. The van der Waals surface area contributed by atoms with Crippen LogP contribution in [-0.4, -0.2) is 27.7 Å². The summed E-state index contributed by atoms with van der Waals surface area (Å²) in [6.45, 7) is -0.00992. The van der Waals surface area contributed by atoms with Crippen LogP contribution in [0.15, 0.2) is 18.6 Å².